The number of carbonyl (C=O) groups excluding carboxylic acids is 1. The second kappa shape index (κ2) is 9.11. The highest BCUT2D eigenvalue weighted by Crippen LogP contribution is 2.52. The van der Waals surface area contributed by atoms with Gasteiger partial charge in [-0.05, 0) is 48.3 Å². The summed E-state index contributed by atoms with van der Waals surface area (Å²) in [6.45, 7) is 20.2. The lowest BCUT2D eigenvalue weighted by Gasteiger charge is -2.41. The number of esters is 1. The van der Waals surface area contributed by atoms with Crippen LogP contribution in [0.1, 0.15) is 51.3 Å². The van der Waals surface area contributed by atoms with Gasteiger partial charge in [0.05, 0.1) is 39.4 Å². The molecule has 0 N–H and O–H groups in total. The number of allylic oxidation sites excluding steroid dienone is 1. The Labute approximate surface area is 200 Å². The number of benzene rings is 1. The van der Waals surface area contributed by atoms with Crippen LogP contribution in [0.2, 0.25) is 37.8 Å². The maximum absolute atomic E-state index is 13.4. The van der Waals surface area contributed by atoms with E-state index in [1.54, 1.807) is 7.11 Å². The molecule has 0 aromatic heterocycles. The largest absolute Gasteiger partial charge is 0.496 e. The van der Waals surface area contributed by atoms with Gasteiger partial charge in [-0.2, -0.15) is 0 Å². The van der Waals surface area contributed by atoms with Crippen molar-refractivity contribution in [2.24, 2.45) is 5.92 Å². The average Bonchev–Trinajstić information content (AvgIpc) is 3.11. The van der Waals surface area contributed by atoms with E-state index in [4.69, 9.17) is 23.4 Å². The maximum Gasteiger partial charge on any atom is 0.312 e. The van der Waals surface area contributed by atoms with Crippen molar-refractivity contribution in [3.63, 3.8) is 0 Å². The molecule has 184 valence electrons. The summed E-state index contributed by atoms with van der Waals surface area (Å²) in [6.07, 6.45) is 0.0786. The number of hydrogen-bond donors (Lipinski definition) is 0. The fourth-order valence-corrected chi connectivity index (χ4v) is 7.23. The minimum atomic E-state index is -2.25. The van der Waals surface area contributed by atoms with E-state index in [1.165, 1.54) is 5.20 Å². The fourth-order valence-electron chi connectivity index (χ4n) is 4.21. The van der Waals surface area contributed by atoms with Crippen LogP contribution in [0.4, 0.5) is 0 Å². The third-order valence-corrected chi connectivity index (χ3v) is 13.8. The lowest BCUT2D eigenvalue weighted by molar-refractivity contribution is -0.151. The molecule has 0 amide bonds. The molecule has 0 radical (unpaired) electrons. The van der Waals surface area contributed by atoms with E-state index in [0.717, 1.165) is 16.9 Å². The summed E-state index contributed by atoms with van der Waals surface area (Å²) in [6, 6.07) is 3.93. The van der Waals surface area contributed by atoms with Crippen molar-refractivity contribution in [2.75, 3.05) is 20.5 Å². The molecule has 2 aliphatic rings. The van der Waals surface area contributed by atoms with Crippen molar-refractivity contribution < 1.29 is 28.2 Å². The van der Waals surface area contributed by atoms with Crippen molar-refractivity contribution in [2.45, 2.75) is 78.0 Å². The molecule has 1 aliphatic carbocycles. The number of methoxy groups -OCH3 is 1. The summed E-state index contributed by atoms with van der Waals surface area (Å²) in [5.41, 5.74) is 1.77. The maximum atomic E-state index is 13.4. The Morgan fingerprint density at radius 1 is 1.12 bits per heavy atom. The van der Waals surface area contributed by atoms with Gasteiger partial charge >= 0.3 is 5.97 Å². The van der Waals surface area contributed by atoms with Crippen molar-refractivity contribution in [1.82, 2.24) is 0 Å². The Morgan fingerprint density at radius 2 is 1.79 bits per heavy atom. The van der Waals surface area contributed by atoms with Crippen LogP contribution in [0, 0.1) is 5.92 Å². The van der Waals surface area contributed by atoms with Crippen molar-refractivity contribution in [1.29, 1.82) is 0 Å². The summed E-state index contributed by atoms with van der Waals surface area (Å²) < 4.78 is 30.4. The Hall–Kier alpha value is -1.78. The first kappa shape index (κ1) is 25.8. The molecule has 1 heterocycles. The number of hydrogen-bond acceptors (Lipinski definition) is 6. The number of carbonyl (C=O) groups is 1. The molecule has 0 spiro atoms. The van der Waals surface area contributed by atoms with Crippen LogP contribution in [0.15, 0.2) is 17.3 Å². The van der Waals surface area contributed by atoms with Gasteiger partial charge in [0.2, 0.25) is 6.79 Å². The van der Waals surface area contributed by atoms with E-state index in [2.05, 4.69) is 53.5 Å². The van der Waals surface area contributed by atoms with E-state index in [9.17, 15) is 4.79 Å². The average molecular weight is 493 g/mol. The first-order chi connectivity index (χ1) is 15.2. The first-order valence-electron chi connectivity index (χ1n) is 11.8. The van der Waals surface area contributed by atoms with Gasteiger partial charge in [-0.15, -0.1) is 0 Å². The van der Waals surface area contributed by atoms with E-state index >= 15 is 0 Å². The zero-order chi connectivity index (χ0) is 24.8. The molecule has 1 aliphatic heterocycles. The zero-order valence-electron chi connectivity index (χ0n) is 21.9. The topological polar surface area (TPSA) is 63.2 Å². The van der Waals surface area contributed by atoms with Crippen LogP contribution in [-0.4, -0.2) is 42.9 Å². The third kappa shape index (κ3) is 4.88. The SMILES string of the molecule is CCOC(=O)[C@H]1CC([Si](C)(C)C)=C(OC)c2c(ccc3c2OCO3)[C@@H]1O[Si](C)(C)C(C)(C)C. The van der Waals surface area contributed by atoms with Crippen molar-refractivity contribution in [3.05, 3.63) is 28.5 Å². The molecular formula is C25H40O6Si2. The van der Waals surface area contributed by atoms with E-state index < -0.39 is 28.4 Å². The standard InChI is InChI=1S/C25H40O6Si2/c1-11-28-24(26)17-14-19(32(6,7)8)23(27-5)20-16(12-13-18-22(20)30-15-29-18)21(17)31-33(9,10)25(2,3)4/h12-13,17,21H,11,14-15H2,1-10H3/t17-,21-/m0/s1. The van der Waals surface area contributed by atoms with Crippen LogP contribution in [0.5, 0.6) is 11.5 Å². The molecule has 6 nitrogen and oxygen atoms in total. The number of fused-ring (bicyclic) bond motifs is 3. The fraction of sp³-hybridized carbons (Fsp3) is 0.640. The molecule has 8 heteroatoms. The van der Waals surface area contributed by atoms with E-state index in [-0.39, 0.29) is 17.8 Å². The molecule has 0 fully saturated rings. The summed E-state index contributed by atoms with van der Waals surface area (Å²) in [4.78, 5) is 13.4. The Kier molecular flexibility index (Phi) is 7.13. The Balaban J connectivity index is 2.32. The van der Waals surface area contributed by atoms with E-state index in [1.807, 2.05) is 19.1 Å². The lowest BCUT2D eigenvalue weighted by atomic mass is 9.92. The van der Waals surface area contributed by atoms with Crippen LogP contribution in [0.25, 0.3) is 5.76 Å². The molecule has 2 atom stereocenters. The van der Waals surface area contributed by atoms with Gasteiger partial charge in [-0.1, -0.05) is 46.5 Å². The van der Waals surface area contributed by atoms with E-state index in [0.29, 0.717) is 24.5 Å². The van der Waals surface area contributed by atoms with Crippen LogP contribution in [0.3, 0.4) is 0 Å². The summed E-state index contributed by atoms with van der Waals surface area (Å²) in [7, 11) is -2.45. The molecule has 0 unspecified atom stereocenters. The van der Waals surface area contributed by atoms with Crippen LogP contribution >= 0.6 is 0 Å². The van der Waals surface area contributed by atoms with Gasteiger partial charge < -0.3 is 23.4 Å². The zero-order valence-corrected chi connectivity index (χ0v) is 23.9. The molecule has 33 heavy (non-hydrogen) atoms. The van der Waals surface area contributed by atoms with Crippen LogP contribution in [-0.2, 0) is 18.7 Å². The van der Waals surface area contributed by atoms with Gasteiger partial charge in [0.15, 0.2) is 19.8 Å². The van der Waals surface area contributed by atoms with Gasteiger partial charge in [-0.25, -0.2) is 0 Å². The highest BCUT2D eigenvalue weighted by molar-refractivity contribution is 6.84. The molecule has 1 aromatic carbocycles. The monoisotopic (exact) mass is 492 g/mol. The molecule has 1 aromatic rings. The minimum Gasteiger partial charge on any atom is -0.496 e. The van der Waals surface area contributed by atoms with Crippen molar-refractivity contribution in [3.8, 4) is 11.5 Å². The normalized spacial score (nSPS) is 20.9. The van der Waals surface area contributed by atoms with Gasteiger partial charge in [0, 0.05) is 0 Å². The summed E-state index contributed by atoms with van der Waals surface area (Å²) >= 11 is 0. The first-order valence-corrected chi connectivity index (χ1v) is 18.2. The summed E-state index contributed by atoms with van der Waals surface area (Å²) in [5, 5.41) is 1.16. The van der Waals surface area contributed by atoms with Gasteiger partial charge in [0.1, 0.15) is 5.76 Å². The highest BCUT2D eigenvalue weighted by atomic mass is 28.4. The Morgan fingerprint density at radius 3 is 2.33 bits per heavy atom. The Bertz CT molecular complexity index is 939. The molecule has 3 rings (SSSR count). The molecule has 0 saturated carbocycles. The number of rotatable bonds is 6. The second-order valence-corrected chi connectivity index (χ2v) is 21.2. The van der Waals surface area contributed by atoms with Crippen molar-refractivity contribution >= 4 is 28.1 Å². The van der Waals surface area contributed by atoms with Gasteiger partial charge in [0.25, 0.3) is 0 Å². The van der Waals surface area contributed by atoms with Gasteiger partial charge in [-0.3, -0.25) is 4.79 Å². The second-order valence-electron chi connectivity index (χ2n) is 11.4. The smallest absolute Gasteiger partial charge is 0.312 e. The minimum absolute atomic E-state index is 0.0197. The number of ether oxygens (including phenoxy) is 4. The predicted octanol–water partition coefficient (Wildman–Crippen LogP) is 6.30. The van der Waals surface area contributed by atoms with Crippen LogP contribution < -0.4 is 9.47 Å². The highest BCUT2D eigenvalue weighted by Gasteiger charge is 2.47. The molecule has 0 saturated heterocycles. The molecular weight excluding hydrogens is 452 g/mol. The third-order valence-electron chi connectivity index (χ3n) is 7.10. The molecule has 0 bridgehead atoms. The quantitative estimate of drug-likeness (QED) is 0.343. The summed E-state index contributed by atoms with van der Waals surface area (Å²) in [5.74, 6) is 1.47. The lowest BCUT2D eigenvalue weighted by Crippen LogP contribution is -2.44. The predicted molar refractivity (Wildman–Crippen MR) is 136 cm³/mol.